The number of hydrogen-bond acceptors (Lipinski definition) is 5. The number of thiophene rings is 1. The molecule has 1 atom stereocenters. The highest BCUT2D eigenvalue weighted by Crippen LogP contribution is 2.20. The van der Waals surface area contributed by atoms with Gasteiger partial charge in [-0.3, -0.25) is 4.79 Å². The second-order valence-electron chi connectivity index (χ2n) is 2.65. The largest absolute Gasteiger partial charge is 0.448 e. The number of primary amides is 1. The Morgan fingerprint density at radius 2 is 2.21 bits per heavy atom. The van der Waals surface area contributed by atoms with Gasteiger partial charge < -0.3 is 16.2 Å². The van der Waals surface area contributed by atoms with Crippen LogP contribution in [0.1, 0.15) is 16.6 Å². The van der Waals surface area contributed by atoms with Crippen LogP contribution in [0.3, 0.4) is 0 Å². The van der Waals surface area contributed by atoms with Crippen molar-refractivity contribution in [3.8, 4) is 0 Å². The van der Waals surface area contributed by atoms with E-state index in [1.165, 1.54) is 6.92 Å². The van der Waals surface area contributed by atoms with Gasteiger partial charge in [0.15, 0.2) is 6.10 Å². The third kappa shape index (κ3) is 2.23. The average molecular weight is 214 g/mol. The molecule has 0 saturated carbocycles. The van der Waals surface area contributed by atoms with Gasteiger partial charge in [0.2, 0.25) is 0 Å². The second-order valence-corrected chi connectivity index (χ2v) is 3.57. The molecule has 14 heavy (non-hydrogen) atoms. The lowest BCUT2D eigenvalue weighted by atomic mass is 10.3. The summed E-state index contributed by atoms with van der Waals surface area (Å²) in [6.07, 6.45) is -0.941. The molecule has 6 heteroatoms. The van der Waals surface area contributed by atoms with Crippen LogP contribution in [0.2, 0.25) is 0 Å². The van der Waals surface area contributed by atoms with Crippen LogP contribution in [0.4, 0.5) is 5.69 Å². The van der Waals surface area contributed by atoms with Gasteiger partial charge in [0.05, 0.1) is 5.69 Å². The standard InChI is InChI=1S/C8H10N2O3S/c1-4(7(10)11)13-8(12)6-5(9)2-3-14-6/h2-4H,9H2,1H3,(H2,10,11). The summed E-state index contributed by atoms with van der Waals surface area (Å²) in [6.45, 7) is 1.41. The Morgan fingerprint density at radius 3 is 2.64 bits per heavy atom. The third-order valence-corrected chi connectivity index (χ3v) is 2.48. The molecular formula is C8H10N2O3S. The summed E-state index contributed by atoms with van der Waals surface area (Å²) < 4.78 is 4.75. The SMILES string of the molecule is CC(OC(=O)c1sccc1N)C(N)=O. The molecule has 4 N–H and O–H groups in total. The summed E-state index contributed by atoms with van der Waals surface area (Å²) in [6, 6.07) is 1.59. The number of carbonyl (C=O) groups excluding carboxylic acids is 2. The number of esters is 1. The van der Waals surface area contributed by atoms with Crippen molar-refractivity contribution in [3.05, 3.63) is 16.3 Å². The van der Waals surface area contributed by atoms with Gasteiger partial charge in [0, 0.05) is 0 Å². The second kappa shape index (κ2) is 4.10. The van der Waals surface area contributed by atoms with E-state index in [0.29, 0.717) is 5.69 Å². The van der Waals surface area contributed by atoms with E-state index in [9.17, 15) is 9.59 Å². The van der Waals surface area contributed by atoms with E-state index >= 15 is 0 Å². The van der Waals surface area contributed by atoms with E-state index in [2.05, 4.69) is 0 Å². The highest BCUT2D eigenvalue weighted by atomic mass is 32.1. The van der Waals surface area contributed by atoms with Gasteiger partial charge in [-0.05, 0) is 18.4 Å². The fourth-order valence-corrected chi connectivity index (χ4v) is 1.46. The van der Waals surface area contributed by atoms with Crippen molar-refractivity contribution in [3.63, 3.8) is 0 Å². The van der Waals surface area contributed by atoms with Crippen LogP contribution in [0.25, 0.3) is 0 Å². The maximum atomic E-state index is 11.3. The molecule has 0 bridgehead atoms. The number of nitrogen functional groups attached to an aromatic ring is 1. The number of anilines is 1. The van der Waals surface area contributed by atoms with Crippen LogP contribution < -0.4 is 11.5 Å². The highest BCUT2D eigenvalue weighted by Gasteiger charge is 2.18. The van der Waals surface area contributed by atoms with Crippen LogP contribution in [0.15, 0.2) is 11.4 Å². The lowest BCUT2D eigenvalue weighted by Crippen LogP contribution is -2.30. The Balaban J connectivity index is 2.69. The number of amides is 1. The lowest BCUT2D eigenvalue weighted by molar-refractivity contribution is -0.125. The average Bonchev–Trinajstić information content (AvgIpc) is 2.51. The topological polar surface area (TPSA) is 95.4 Å². The fourth-order valence-electron chi connectivity index (χ4n) is 0.757. The molecule has 0 aliphatic heterocycles. The highest BCUT2D eigenvalue weighted by molar-refractivity contribution is 7.12. The first-order valence-electron chi connectivity index (χ1n) is 3.85. The van der Waals surface area contributed by atoms with Crippen molar-refractivity contribution in [1.82, 2.24) is 0 Å². The summed E-state index contributed by atoms with van der Waals surface area (Å²) in [5.41, 5.74) is 10.8. The molecule has 1 rings (SSSR count). The van der Waals surface area contributed by atoms with Gasteiger partial charge in [-0.25, -0.2) is 4.79 Å². The van der Waals surface area contributed by atoms with Crippen LogP contribution in [0, 0.1) is 0 Å². The van der Waals surface area contributed by atoms with Crippen molar-refractivity contribution in [2.75, 3.05) is 5.73 Å². The third-order valence-electron chi connectivity index (χ3n) is 1.57. The maximum Gasteiger partial charge on any atom is 0.351 e. The molecule has 76 valence electrons. The van der Waals surface area contributed by atoms with E-state index in [4.69, 9.17) is 16.2 Å². The van der Waals surface area contributed by atoms with Crippen LogP contribution in [-0.4, -0.2) is 18.0 Å². The minimum absolute atomic E-state index is 0.290. The van der Waals surface area contributed by atoms with Crippen LogP contribution in [-0.2, 0) is 9.53 Å². The predicted octanol–water partition coefficient (Wildman–Crippen LogP) is 0.361. The zero-order chi connectivity index (χ0) is 10.7. The van der Waals surface area contributed by atoms with Gasteiger partial charge in [0.1, 0.15) is 4.88 Å². The normalized spacial score (nSPS) is 12.1. The van der Waals surface area contributed by atoms with E-state index in [0.717, 1.165) is 11.3 Å². The van der Waals surface area contributed by atoms with Gasteiger partial charge in [-0.15, -0.1) is 11.3 Å². The minimum Gasteiger partial charge on any atom is -0.448 e. The van der Waals surface area contributed by atoms with E-state index in [1.807, 2.05) is 0 Å². The van der Waals surface area contributed by atoms with Crippen molar-refractivity contribution in [2.24, 2.45) is 5.73 Å². The lowest BCUT2D eigenvalue weighted by Gasteiger charge is -2.08. The Hall–Kier alpha value is -1.56. The zero-order valence-electron chi connectivity index (χ0n) is 7.52. The molecule has 0 aliphatic carbocycles. The molecule has 0 fully saturated rings. The van der Waals surface area contributed by atoms with Crippen molar-refractivity contribution in [1.29, 1.82) is 0 Å². The molecule has 1 unspecified atom stereocenters. The smallest absolute Gasteiger partial charge is 0.351 e. The van der Waals surface area contributed by atoms with Crippen LogP contribution in [0.5, 0.6) is 0 Å². The monoisotopic (exact) mass is 214 g/mol. The van der Waals surface area contributed by atoms with Gasteiger partial charge in [-0.1, -0.05) is 0 Å². The molecule has 1 heterocycles. The fraction of sp³-hybridized carbons (Fsp3) is 0.250. The number of rotatable bonds is 3. The molecule has 5 nitrogen and oxygen atoms in total. The van der Waals surface area contributed by atoms with E-state index in [1.54, 1.807) is 11.4 Å². The first kappa shape index (κ1) is 10.5. The van der Waals surface area contributed by atoms with Crippen molar-refractivity contribution < 1.29 is 14.3 Å². The summed E-state index contributed by atoms with van der Waals surface area (Å²) >= 11 is 1.16. The molecule has 1 aromatic heterocycles. The molecular weight excluding hydrogens is 204 g/mol. The van der Waals surface area contributed by atoms with Gasteiger partial charge in [0.25, 0.3) is 5.91 Å². The summed E-state index contributed by atoms with van der Waals surface area (Å²) in [5, 5.41) is 1.67. The number of carbonyl (C=O) groups is 2. The molecule has 1 aromatic rings. The van der Waals surface area contributed by atoms with E-state index < -0.39 is 18.0 Å². The predicted molar refractivity (Wildman–Crippen MR) is 52.8 cm³/mol. The Bertz CT molecular complexity index is 361. The number of nitrogens with two attached hydrogens (primary N) is 2. The first-order chi connectivity index (χ1) is 6.52. The number of hydrogen-bond donors (Lipinski definition) is 2. The van der Waals surface area contributed by atoms with Crippen molar-refractivity contribution in [2.45, 2.75) is 13.0 Å². The molecule has 0 spiro atoms. The Morgan fingerprint density at radius 1 is 1.57 bits per heavy atom. The zero-order valence-corrected chi connectivity index (χ0v) is 8.34. The number of ether oxygens (including phenoxy) is 1. The van der Waals surface area contributed by atoms with Gasteiger partial charge in [-0.2, -0.15) is 0 Å². The Labute approximate surface area is 84.6 Å². The van der Waals surface area contributed by atoms with E-state index in [-0.39, 0.29) is 4.88 Å². The minimum atomic E-state index is -0.941. The van der Waals surface area contributed by atoms with Crippen molar-refractivity contribution >= 4 is 28.9 Å². The molecule has 0 aliphatic rings. The molecule has 1 amide bonds. The summed E-state index contributed by atoms with van der Waals surface area (Å²) in [4.78, 5) is 22.2. The molecule has 0 saturated heterocycles. The first-order valence-corrected chi connectivity index (χ1v) is 4.73. The molecule has 0 aromatic carbocycles. The molecule has 0 radical (unpaired) electrons. The summed E-state index contributed by atoms with van der Waals surface area (Å²) in [5.74, 6) is -1.31. The Kier molecular flexibility index (Phi) is 3.08. The maximum absolute atomic E-state index is 11.3. The van der Waals surface area contributed by atoms with Crippen LogP contribution >= 0.6 is 11.3 Å². The van der Waals surface area contributed by atoms with Gasteiger partial charge >= 0.3 is 5.97 Å². The quantitative estimate of drug-likeness (QED) is 0.710. The summed E-state index contributed by atoms with van der Waals surface area (Å²) in [7, 11) is 0.